The molecule has 0 unspecified atom stereocenters. The predicted molar refractivity (Wildman–Crippen MR) is 120 cm³/mol. The van der Waals surface area contributed by atoms with Gasteiger partial charge >= 0.3 is 0 Å². The Morgan fingerprint density at radius 3 is 2.16 bits per heavy atom. The highest BCUT2D eigenvalue weighted by Crippen LogP contribution is 2.47. The Bertz CT molecular complexity index is 1120. The first-order valence-corrected chi connectivity index (χ1v) is 10.7. The Morgan fingerprint density at radius 2 is 1.52 bits per heavy atom. The van der Waals surface area contributed by atoms with E-state index in [-0.39, 0.29) is 11.8 Å². The molecular weight excluding hydrogens is 412 g/mol. The van der Waals surface area contributed by atoms with E-state index in [1.165, 1.54) is 4.90 Å². The van der Waals surface area contributed by atoms with E-state index in [9.17, 15) is 9.59 Å². The molecule has 2 fully saturated rings. The standard InChI is InChI=1S/C25H21ClN2O3/c1-2-16-8-14-19(15-9-16)27-24(29)21-22(17-10-12-18(26)13-11-17)28(31-23(21)25(27)30)20-6-4-3-5-7-20/h3-15,21-23H,2H2,1H3/t21-,22+,23+/m0/s1. The fourth-order valence-corrected chi connectivity index (χ4v) is 4.47. The third kappa shape index (κ3) is 3.30. The van der Waals surface area contributed by atoms with Crippen LogP contribution < -0.4 is 9.96 Å². The van der Waals surface area contributed by atoms with Crippen LogP contribution in [0.1, 0.15) is 24.1 Å². The maximum atomic E-state index is 13.6. The second kappa shape index (κ2) is 7.84. The number of rotatable bonds is 4. The molecule has 6 heteroatoms. The first-order valence-electron chi connectivity index (χ1n) is 10.3. The van der Waals surface area contributed by atoms with Crippen molar-refractivity contribution in [1.29, 1.82) is 0 Å². The Morgan fingerprint density at radius 1 is 0.839 bits per heavy atom. The summed E-state index contributed by atoms with van der Waals surface area (Å²) in [6.45, 7) is 2.06. The molecular formula is C25H21ClN2O3. The van der Waals surface area contributed by atoms with E-state index >= 15 is 0 Å². The summed E-state index contributed by atoms with van der Waals surface area (Å²) in [6.07, 6.45) is 0.0144. The van der Waals surface area contributed by atoms with Crippen molar-refractivity contribution in [3.63, 3.8) is 0 Å². The second-order valence-corrected chi connectivity index (χ2v) is 8.18. The van der Waals surface area contributed by atoms with Crippen molar-refractivity contribution in [1.82, 2.24) is 0 Å². The molecule has 3 aromatic rings. The van der Waals surface area contributed by atoms with Gasteiger partial charge in [0.05, 0.1) is 17.4 Å². The maximum absolute atomic E-state index is 13.6. The third-order valence-electron chi connectivity index (χ3n) is 5.94. The van der Waals surface area contributed by atoms with Crippen molar-refractivity contribution >= 4 is 34.8 Å². The number of benzene rings is 3. The lowest BCUT2D eigenvalue weighted by atomic mass is 9.90. The number of nitrogens with zero attached hydrogens (tertiary/aromatic N) is 2. The molecule has 156 valence electrons. The molecule has 5 nitrogen and oxygen atoms in total. The van der Waals surface area contributed by atoms with Gasteiger partial charge in [0.1, 0.15) is 5.92 Å². The van der Waals surface area contributed by atoms with Crippen LogP contribution in [-0.4, -0.2) is 17.9 Å². The van der Waals surface area contributed by atoms with Crippen molar-refractivity contribution in [3.05, 3.63) is 95.0 Å². The molecule has 2 amide bonds. The molecule has 2 saturated heterocycles. The van der Waals surface area contributed by atoms with Crippen LogP contribution in [0.5, 0.6) is 0 Å². The molecule has 0 aromatic heterocycles. The van der Waals surface area contributed by atoms with Crippen molar-refractivity contribution < 1.29 is 14.4 Å². The molecule has 0 saturated carbocycles. The summed E-state index contributed by atoms with van der Waals surface area (Å²) in [5.74, 6) is -1.24. The quantitative estimate of drug-likeness (QED) is 0.547. The molecule has 3 atom stereocenters. The Balaban J connectivity index is 1.56. The number of para-hydroxylation sites is 1. The zero-order valence-corrected chi connectivity index (χ0v) is 17.7. The number of aryl methyl sites for hydroxylation is 1. The lowest BCUT2D eigenvalue weighted by Gasteiger charge is -2.28. The van der Waals surface area contributed by atoms with Gasteiger partial charge in [-0.1, -0.05) is 61.0 Å². The van der Waals surface area contributed by atoms with Gasteiger partial charge in [-0.3, -0.25) is 14.4 Å². The second-order valence-electron chi connectivity index (χ2n) is 7.74. The third-order valence-corrected chi connectivity index (χ3v) is 6.19. The molecule has 3 aromatic carbocycles. The number of imide groups is 1. The molecule has 2 aliphatic rings. The zero-order chi connectivity index (χ0) is 21.5. The molecule has 0 N–H and O–H groups in total. The average molecular weight is 433 g/mol. The molecule has 31 heavy (non-hydrogen) atoms. The first-order chi connectivity index (χ1) is 15.1. The monoisotopic (exact) mass is 432 g/mol. The minimum Gasteiger partial charge on any atom is -0.273 e. The number of fused-ring (bicyclic) bond motifs is 1. The number of hydrogen-bond acceptors (Lipinski definition) is 4. The SMILES string of the molecule is CCc1ccc(N2C(=O)[C@H]3[C@@H](c4ccc(Cl)cc4)N(c4ccccc4)O[C@H]3C2=O)cc1. The zero-order valence-electron chi connectivity index (χ0n) is 16.9. The van der Waals surface area contributed by atoms with Gasteiger partial charge in [-0.25, -0.2) is 9.96 Å². The normalized spacial score (nSPS) is 22.8. The number of hydrogen-bond donors (Lipinski definition) is 0. The molecule has 0 radical (unpaired) electrons. The molecule has 2 heterocycles. The number of carbonyl (C=O) groups excluding carboxylic acids is 2. The van der Waals surface area contributed by atoms with Crippen LogP contribution >= 0.6 is 11.6 Å². The lowest BCUT2D eigenvalue weighted by Crippen LogP contribution is -2.37. The lowest BCUT2D eigenvalue weighted by molar-refractivity contribution is -0.126. The van der Waals surface area contributed by atoms with Crippen LogP contribution in [0.15, 0.2) is 78.9 Å². The van der Waals surface area contributed by atoms with Gasteiger partial charge in [0, 0.05) is 5.02 Å². The average Bonchev–Trinajstić information content (AvgIpc) is 3.31. The van der Waals surface area contributed by atoms with Crippen LogP contribution in [0.3, 0.4) is 0 Å². The van der Waals surface area contributed by atoms with Gasteiger partial charge in [-0.15, -0.1) is 0 Å². The van der Waals surface area contributed by atoms with Crippen molar-refractivity contribution in [2.24, 2.45) is 5.92 Å². The number of hydroxylamine groups is 1. The van der Waals surface area contributed by atoms with Crippen molar-refractivity contribution in [2.75, 3.05) is 9.96 Å². The number of carbonyl (C=O) groups is 2. The van der Waals surface area contributed by atoms with E-state index in [1.807, 2.05) is 66.7 Å². The van der Waals surface area contributed by atoms with Crippen LogP contribution in [0.4, 0.5) is 11.4 Å². The summed E-state index contributed by atoms with van der Waals surface area (Å²) in [7, 11) is 0. The predicted octanol–water partition coefficient (Wildman–Crippen LogP) is 4.95. The summed E-state index contributed by atoms with van der Waals surface area (Å²) in [6, 6.07) is 23.9. The Labute approximate surface area is 185 Å². The Kier molecular flexibility index (Phi) is 5.00. The molecule has 0 aliphatic carbocycles. The van der Waals surface area contributed by atoms with E-state index in [4.69, 9.17) is 16.4 Å². The molecule has 2 aliphatic heterocycles. The Hall–Kier alpha value is -3.15. The molecule has 0 bridgehead atoms. The number of halogens is 1. The minimum atomic E-state index is -0.876. The molecule has 5 rings (SSSR count). The van der Waals surface area contributed by atoms with Gasteiger partial charge in [0.25, 0.3) is 5.91 Å². The largest absolute Gasteiger partial charge is 0.273 e. The summed E-state index contributed by atoms with van der Waals surface area (Å²) < 4.78 is 0. The van der Waals surface area contributed by atoms with E-state index in [2.05, 4.69) is 6.92 Å². The summed E-state index contributed by atoms with van der Waals surface area (Å²) in [5.41, 5.74) is 3.38. The topological polar surface area (TPSA) is 49.9 Å². The summed E-state index contributed by atoms with van der Waals surface area (Å²) in [5, 5.41) is 2.29. The maximum Gasteiger partial charge on any atom is 0.266 e. The summed E-state index contributed by atoms with van der Waals surface area (Å²) >= 11 is 6.09. The summed E-state index contributed by atoms with van der Waals surface area (Å²) in [4.78, 5) is 34.2. The van der Waals surface area contributed by atoms with Crippen LogP contribution in [0, 0.1) is 5.92 Å². The minimum absolute atomic E-state index is 0.252. The molecule has 0 spiro atoms. The number of anilines is 2. The fraction of sp³-hybridized carbons (Fsp3) is 0.200. The van der Waals surface area contributed by atoms with Crippen molar-refractivity contribution in [2.45, 2.75) is 25.5 Å². The van der Waals surface area contributed by atoms with Gasteiger partial charge in [0.2, 0.25) is 5.91 Å². The van der Waals surface area contributed by atoms with E-state index in [1.54, 1.807) is 17.2 Å². The highest BCUT2D eigenvalue weighted by Gasteiger charge is 2.60. The van der Waals surface area contributed by atoms with Gasteiger partial charge in [-0.05, 0) is 53.9 Å². The van der Waals surface area contributed by atoms with Crippen LogP contribution in [0.25, 0.3) is 0 Å². The van der Waals surface area contributed by atoms with Crippen LogP contribution in [-0.2, 0) is 20.8 Å². The highest BCUT2D eigenvalue weighted by molar-refractivity contribution is 6.30. The van der Waals surface area contributed by atoms with Crippen LogP contribution in [0.2, 0.25) is 5.02 Å². The smallest absolute Gasteiger partial charge is 0.266 e. The highest BCUT2D eigenvalue weighted by atomic mass is 35.5. The van der Waals surface area contributed by atoms with Gasteiger partial charge in [0.15, 0.2) is 6.10 Å². The number of amides is 2. The first kappa shape index (κ1) is 19.8. The van der Waals surface area contributed by atoms with Gasteiger partial charge in [-0.2, -0.15) is 0 Å². The van der Waals surface area contributed by atoms with E-state index in [0.29, 0.717) is 10.7 Å². The van der Waals surface area contributed by atoms with E-state index < -0.39 is 18.1 Å². The van der Waals surface area contributed by atoms with Gasteiger partial charge < -0.3 is 0 Å². The fourth-order valence-electron chi connectivity index (χ4n) is 4.35. The van der Waals surface area contributed by atoms with E-state index in [0.717, 1.165) is 23.2 Å². The van der Waals surface area contributed by atoms with Crippen molar-refractivity contribution in [3.8, 4) is 0 Å².